The van der Waals surface area contributed by atoms with E-state index >= 15 is 0 Å². The monoisotopic (exact) mass is 285 g/mol. The Morgan fingerprint density at radius 3 is 2.67 bits per heavy atom. The molecule has 2 aromatic heterocycles. The molecule has 0 atom stereocenters. The second kappa shape index (κ2) is 5.08. The number of rotatable bonds is 4. The second-order valence-electron chi connectivity index (χ2n) is 4.26. The van der Waals surface area contributed by atoms with Crippen LogP contribution in [0.5, 0.6) is 11.6 Å². The summed E-state index contributed by atoms with van der Waals surface area (Å²) in [6.45, 7) is 0. The van der Waals surface area contributed by atoms with Crippen LogP contribution in [0.25, 0.3) is 11.3 Å². The highest BCUT2D eigenvalue weighted by Crippen LogP contribution is 2.25. The lowest BCUT2D eigenvalue weighted by atomic mass is 10.1. The Hall–Kier alpha value is -3.16. The van der Waals surface area contributed by atoms with Gasteiger partial charge in [-0.2, -0.15) is 5.10 Å². The first-order valence-corrected chi connectivity index (χ1v) is 6.06. The number of carbonyl (C=O) groups is 1. The van der Waals surface area contributed by atoms with E-state index in [1.165, 1.54) is 0 Å². The predicted molar refractivity (Wildman–Crippen MR) is 72.1 cm³/mol. The van der Waals surface area contributed by atoms with E-state index in [9.17, 15) is 4.79 Å². The van der Waals surface area contributed by atoms with Crippen molar-refractivity contribution >= 4 is 5.97 Å². The van der Waals surface area contributed by atoms with Crippen molar-refractivity contribution in [2.24, 2.45) is 7.05 Å². The molecule has 0 spiro atoms. The summed E-state index contributed by atoms with van der Waals surface area (Å²) in [5.41, 5.74) is 1.75. The van der Waals surface area contributed by atoms with E-state index in [0.717, 1.165) is 11.3 Å². The molecule has 0 aliphatic carbocycles. The van der Waals surface area contributed by atoms with Gasteiger partial charge in [0.1, 0.15) is 5.75 Å². The quantitative estimate of drug-likeness (QED) is 0.755. The van der Waals surface area contributed by atoms with E-state index in [4.69, 9.17) is 9.84 Å². The molecule has 3 rings (SSSR count). The lowest BCUT2D eigenvalue weighted by Gasteiger charge is -2.05. The van der Waals surface area contributed by atoms with Crippen LogP contribution in [0.4, 0.5) is 0 Å². The third-order valence-electron chi connectivity index (χ3n) is 2.92. The minimum atomic E-state index is -1.18. The minimum Gasteiger partial charge on any atom is -0.476 e. The molecule has 3 aromatic rings. The van der Waals surface area contributed by atoms with Gasteiger partial charge in [-0.15, -0.1) is 0 Å². The van der Waals surface area contributed by atoms with Crippen LogP contribution >= 0.6 is 0 Å². The van der Waals surface area contributed by atoms with Gasteiger partial charge in [-0.3, -0.25) is 4.68 Å². The number of aromatic amines is 1. The Morgan fingerprint density at radius 1 is 1.29 bits per heavy atom. The molecule has 2 heterocycles. The van der Waals surface area contributed by atoms with E-state index in [2.05, 4.69) is 20.5 Å². The summed E-state index contributed by atoms with van der Waals surface area (Å²) in [6.07, 6.45) is 1.72. The summed E-state index contributed by atoms with van der Waals surface area (Å²) in [4.78, 5) is 10.9. The summed E-state index contributed by atoms with van der Waals surface area (Å²) in [5.74, 6) is -0.783. The molecule has 0 aliphatic rings. The van der Waals surface area contributed by atoms with Gasteiger partial charge in [0.25, 0.3) is 5.88 Å². The third-order valence-corrected chi connectivity index (χ3v) is 2.92. The SMILES string of the molecule is Cn1nccc1-c1ccc(Oc2nn[nH]c2C(=O)O)cc1. The first kappa shape index (κ1) is 12.9. The maximum absolute atomic E-state index is 10.9. The molecule has 0 amide bonds. The molecule has 1 aromatic carbocycles. The van der Waals surface area contributed by atoms with Crippen molar-refractivity contribution in [3.05, 3.63) is 42.2 Å². The van der Waals surface area contributed by atoms with Gasteiger partial charge >= 0.3 is 5.97 Å². The minimum absolute atomic E-state index is 0.0733. The first-order valence-electron chi connectivity index (χ1n) is 6.06. The van der Waals surface area contributed by atoms with Crippen LogP contribution in [-0.2, 0) is 7.05 Å². The summed E-state index contributed by atoms with van der Waals surface area (Å²) < 4.78 is 7.17. The van der Waals surface area contributed by atoms with Crippen molar-refractivity contribution in [3.8, 4) is 22.9 Å². The summed E-state index contributed by atoms with van der Waals surface area (Å²) in [5, 5.41) is 22.3. The van der Waals surface area contributed by atoms with Crippen LogP contribution in [0.2, 0.25) is 0 Å². The largest absolute Gasteiger partial charge is 0.476 e. The van der Waals surface area contributed by atoms with Crippen molar-refractivity contribution < 1.29 is 14.6 Å². The highest BCUT2D eigenvalue weighted by molar-refractivity contribution is 5.87. The normalized spacial score (nSPS) is 10.5. The van der Waals surface area contributed by atoms with E-state index in [0.29, 0.717) is 5.75 Å². The van der Waals surface area contributed by atoms with Crippen molar-refractivity contribution in [2.45, 2.75) is 0 Å². The summed E-state index contributed by atoms with van der Waals surface area (Å²) in [7, 11) is 1.86. The number of H-pyrrole nitrogens is 1. The smallest absolute Gasteiger partial charge is 0.359 e. The Bertz CT molecular complexity index is 775. The molecular weight excluding hydrogens is 274 g/mol. The Kier molecular flexibility index (Phi) is 3.11. The number of nitrogens with one attached hydrogen (secondary N) is 1. The maximum Gasteiger partial charge on any atom is 0.359 e. The van der Waals surface area contributed by atoms with Crippen molar-refractivity contribution in [3.63, 3.8) is 0 Å². The lowest BCUT2D eigenvalue weighted by molar-refractivity contribution is 0.0687. The standard InChI is InChI=1S/C13H11N5O3/c1-18-10(6-7-14-18)8-2-4-9(5-3-8)21-12-11(13(19)20)15-17-16-12/h2-7H,1H3,(H,19,20)(H,15,16,17). The molecule has 8 heteroatoms. The zero-order valence-corrected chi connectivity index (χ0v) is 11.0. The van der Waals surface area contributed by atoms with Crippen LogP contribution in [0.15, 0.2) is 36.5 Å². The van der Waals surface area contributed by atoms with Gasteiger partial charge in [-0.1, -0.05) is 10.3 Å². The average Bonchev–Trinajstić information content (AvgIpc) is 3.09. The van der Waals surface area contributed by atoms with Crippen LogP contribution in [0.1, 0.15) is 10.5 Å². The first-order chi connectivity index (χ1) is 10.1. The molecule has 0 radical (unpaired) electrons. The highest BCUT2D eigenvalue weighted by Gasteiger charge is 2.16. The Balaban J connectivity index is 1.83. The van der Waals surface area contributed by atoms with Crippen molar-refractivity contribution in [1.82, 2.24) is 25.2 Å². The molecule has 0 saturated carbocycles. The number of aromatic carboxylic acids is 1. The number of aryl methyl sites for hydroxylation is 1. The second-order valence-corrected chi connectivity index (χ2v) is 4.26. The zero-order valence-electron chi connectivity index (χ0n) is 11.0. The zero-order chi connectivity index (χ0) is 14.8. The molecule has 0 fully saturated rings. The molecule has 2 N–H and O–H groups in total. The molecule has 106 valence electrons. The highest BCUT2D eigenvalue weighted by atomic mass is 16.5. The van der Waals surface area contributed by atoms with E-state index in [1.807, 2.05) is 25.2 Å². The van der Waals surface area contributed by atoms with Gasteiger partial charge in [-0.25, -0.2) is 9.89 Å². The molecular formula is C13H11N5O3. The van der Waals surface area contributed by atoms with Crippen molar-refractivity contribution in [2.75, 3.05) is 0 Å². The molecule has 0 bridgehead atoms. The van der Waals surface area contributed by atoms with Gasteiger partial charge in [0.2, 0.25) is 5.69 Å². The van der Waals surface area contributed by atoms with Crippen LogP contribution in [0.3, 0.4) is 0 Å². The molecule has 8 nitrogen and oxygen atoms in total. The summed E-state index contributed by atoms with van der Waals surface area (Å²) >= 11 is 0. The number of hydrogen-bond acceptors (Lipinski definition) is 5. The summed E-state index contributed by atoms with van der Waals surface area (Å²) in [6, 6.07) is 9.06. The fraction of sp³-hybridized carbons (Fsp3) is 0.0769. The number of aromatic nitrogens is 5. The van der Waals surface area contributed by atoms with Crippen LogP contribution < -0.4 is 4.74 Å². The van der Waals surface area contributed by atoms with Gasteiger partial charge in [0, 0.05) is 18.8 Å². The van der Waals surface area contributed by atoms with Gasteiger partial charge in [0.15, 0.2) is 0 Å². The molecule has 0 saturated heterocycles. The number of carboxylic acids is 1. The van der Waals surface area contributed by atoms with Gasteiger partial charge in [-0.05, 0) is 30.3 Å². The fourth-order valence-electron chi connectivity index (χ4n) is 1.89. The van der Waals surface area contributed by atoms with Gasteiger partial charge in [0.05, 0.1) is 5.69 Å². The third kappa shape index (κ3) is 2.46. The fourth-order valence-corrected chi connectivity index (χ4v) is 1.89. The lowest BCUT2D eigenvalue weighted by Crippen LogP contribution is -1.99. The van der Waals surface area contributed by atoms with E-state index in [-0.39, 0.29) is 11.6 Å². The van der Waals surface area contributed by atoms with Crippen molar-refractivity contribution in [1.29, 1.82) is 0 Å². The van der Waals surface area contributed by atoms with Gasteiger partial charge < -0.3 is 9.84 Å². The number of ether oxygens (including phenoxy) is 1. The maximum atomic E-state index is 10.9. The Morgan fingerprint density at radius 2 is 2.05 bits per heavy atom. The number of carboxylic acid groups (broad SMARTS) is 1. The molecule has 0 aliphatic heterocycles. The predicted octanol–water partition coefficient (Wildman–Crippen LogP) is 1.70. The average molecular weight is 285 g/mol. The molecule has 21 heavy (non-hydrogen) atoms. The number of hydrogen-bond donors (Lipinski definition) is 2. The topological polar surface area (TPSA) is 106 Å². The number of nitrogens with zero attached hydrogens (tertiary/aromatic N) is 4. The van der Waals surface area contributed by atoms with Crippen LogP contribution in [-0.4, -0.2) is 36.3 Å². The van der Waals surface area contributed by atoms with E-state index < -0.39 is 5.97 Å². The number of benzene rings is 1. The molecule has 0 unspecified atom stereocenters. The van der Waals surface area contributed by atoms with E-state index in [1.54, 1.807) is 23.0 Å². The van der Waals surface area contributed by atoms with Crippen LogP contribution in [0, 0.1) is 0 Å². The Labute approximate surface area is 119 Å².